The van der Waals surface area contributed by atoms with Gasteiger partial charge in [0.1, 0.15) is 0 Å². The number of piperidine rings is 1. The van der Waals surface area contributed by atoms with Crippen molar-refractivity contribution in [2.45, 2.75) is 33.2 Å². The number of nitrogens with one attached hydrogen (secondary N) is 1. The topological polar surface area (TPSA) is 75.4 Å². The number of para-hydroxylation sites is 1. The van der Waals surface area contributed by atoms with Gasteiger partial charge in [-0.05, 0) is 68.6 Å². The van der Waals surface area contributed by atoms with Crippen LogP contribution < -0.4 is 11.1 Å². The van der Waals surface area contributed by atoms with Crippen molar-refractivity contribution in [3.63, 3.8) is 0 Å². The minimum atomic E-state index is -0.186. The van der Waals surface area contributed by atoms with Gasteiger partial charge >= 0.3 is 0 Å². The summed E-state index contributed by atoms with van der Waals surface area (Å²) in [4.78, 5) is 26.1. The van der Waals surface area contributed by atoms with E-state index in [0.717, 1.165) is 54.9 Å². The summed E-state index contributed by atoms with van der Waals surface area (Å²) in [5, 5.41) is 3.02. The molecule has 0 unspecified atom stereocenters. The maximum atomic E-state index is 12.6. The molecule has 2 amide bonds. The van der Waals surface area contributed by atoms with E-state index < -0.39 is 0 Å². The third-order valence-electron chi connectivity index (χ3n) is 5.33. The van der Waals surface area contributed by atoms with Gasteiger partial charge in [-0.25, -0.2) is 0 Å². The summed E-state index contributed by atoms with van der Waals surface area (Å²) in [6.07, 6.45) is 1.65. The number of nitrogens with two attached hydrogens (primary N) is 1. The molecule has 3 rings (SSSR count). The highest BCUT2D eigenvalue weighted by Gasteiger charge is 2.23. The van der Waals surface area contributed by atoms with Crippen molar-refractivity contribution in [1.29, 1.82) is 0 Å². The number of anilines is 1. The van der Waals surface area contributed by atoms with Gasteiger partial charge < -0.3 is 11.1 Å². The quantitative estimate of drug-likeness (QED) is 0.854. The molecule has 27 heavy (non-hydrogen) atoms. The number of primary amides is 1. The number of benzene rings is 2. The van der Waals surface area contributed by atoms with Crippen LogP contribution in [-0.2, 0) is 11.3 Å². The molecule has 0 radical (unpaired) electrons. The van der Waals surface area contributed by atoms with Crippen molar-refractivity contribution >= 4 is 17.5 Å². The molecule has 0 aliphatic carbocycles. The second kappa shape index (κ2) is 8.35. The first-order valence-electron chi connectivity index (χ1n) is 9.42. The molecule has 5 nitrogen and oxygen atoms in total. The lowest BCUT2D eigenvalue weighted by molar-refractivity contribution is -0.123. The smallest absolute Gasteiger partial charge is 0.255 e. The van der Waals surface area contributed by atoms with E-state index in [0.29, 0.717) is 5.56 Å². The minimum Gasteiger partial charge on any atom is -0.369 e. The van der Waals surface area contributed by atoms with Gasteiger partial charge in [0.05, 0.1) is 0 Å². The molecule has 0 bridgehead atoms. The zero-order valence-electron chi connectivity index (χ0n) is 16.0. The minimum absolute atomic E-state index is 0.0113. The van der Waals surface area contributed by atoms with Crippen molar-refractivity contribution in [2.24, 2.45) is 11.7 Å². The average Bonchev–Trinajstić information content (AvgIpc) is 2.66. The zero-order valence-corrected chi connectivity index (χ0v) is 16.0. The fourth-order valence-corrected chi connectivity index (χ4v) is 3.59. The van der Waals surface area contributed by atoms with Gasteiger partial charge in [0.2, 0.25) is 5.91 Å². The van der Waals surface area contributed by atoms with Crippen LogP contribution in [0.4, 0.5) is 5.69 Å². The van der Waals surface area contributed by atoms with Crippen LogP contribution in [0.5, 0.6) is 0 Å². The molecule has 0 aromatic heterocycles. The highest BCUT2D eigenvalue weighted by atomic mass is 16.2. The number of rotatable bonds is 5. The van der Waals surface area contributed by atoms with E-state index in [-0.39, 0.29) is 17.7 Å². The number of carbonyl (C=O) groups excluding carboxylic acids is 2. The Morgan fingerprint density at radius 3 is 2.19 bits per heavy atom. The number of nitrogens with zero attached hydrogens (tertiary/aromatic N) is 1. The number of aryl methyl sites for hydroxylation is 2. The van der Waals surface area contributed by atoms with E-state index in [4.69, 9.17) is 5.73 Å². The lowest BCUT2D eigenvalue weighted by Crippen LogP contribution is -2.38. The number of carbonyl (C=O) groups is 2. The number of likely N-dealkylation sites (tertiary alicyclic amines) is 1. The molecule has 1 saturated heterocycles. The standard InChI is InChI=1S/C22H27N3O2/c1-15-4-3-5-16(2)20(15)24-22(27)19-8-6-17(7-9-19)14-25-12-10-18(11-13-25)21(23)26/h3-9,18H,10-14H2,1-2H3,(H2,23,26)(H,24,27). The largest absolute Gasteiger partial charge is 0.369 e. The Hall–Kier alpha value is -2.66. The highest BCUT2D eigenvalue weighted by Crippen LogP contribution is 2.21. The Morgan fingerprint density at radius 1 is 1.04 bits per heavy atom. The van der Waals surface area contributed by atoms with Gasteiger partial charge in [-0.2, -0.15) is 0 Å². The van der Waals surface area contributed by atoms with Gasteiger partial charge in [0.25, 0.3) is 5.91 Å². The van der Waals surface area contributed by atoms with E-state index in [9.17, 15) is 9.59 Å². The summed E-state index contributed by atoms with van der Waals surface area (Å²) in [6, 6.07) is 13.7. The van der Waals surface area contributed by atoms with Gasteiger partial charge in [0, 0.05) is 23.7 Å². The molecular formula is C22H27N3O2. The molecule has 2 aromatic carbocycles. The molecule has 0 saturated carbocycles. The first-order chi connectivity index (χ1) is 12.9. The van der Waals surface area contributed by atoms with Crippen LogP contribution in [0.15, 0.2) is 42.5 Å². The van der Waals surface area contributed by atoms with E-state index in [1.54, 1.807) is 0 Å². The Bertz CT molecular complexity index is 802. The molecule has 1 aliphatic rings. The Balaban J connectivity index is 1.59. The van der Waals surface area contributed by atoms with Crippen molar-refractivity contribution in [3.8, 4) is 0 Å². The molecule has 5 heteroatoms. The van der Waals surface area contributed by atoms with E-state index >= 15 is 0 Å². The summed E-state index contributed by atoms with van der Waals surface area (Å²) >= 11 is 0. The molecule has 3 N–H and O–H groups in total. The number of amides is 2. The summed E-state index contributed by atoms with van der Waals surface area (Å²) < 4.78 is 0. The molecule has 0 spiro atoms. The van der Waals surface area contributed by atoms with Crippen LogP contribution >= 0.6 is 0 Å². The molecule has 2 aromatic rings. The normalized spacial score (nSPS) is 15.5. The summed E-state index contributed by atoms with van der Waals surface area (Å²) in [7, 11) is 0. The first-order valence-corrected chi connectivity index (χ1v) is 9.42. The molecule has 1 fully saturated rings. The Morgan fingerprint density at radius 2 is 1.63 bits per heavy atom. The van der Waals surface area contributed by atoms with Crippen molar-refractivity contribution in [1.82, 2.24) is 4.90 Å². The molecule has 1 aliphatic heterocycles. The zero-order chi connectivity index (χ0) is 19.4. The monoisotopic (exact) mass is 365 g/mol. The SMILES string of the molecule is Cc1cccc(C)c1NC(=O)c1ccc(CN2CCC(C(N)=O)CC2)cc1. The fourth-order valence-electron chi connectivity index (χ4n) is 3.59. The first kappa shape index (κ1) is 19.1. The van der Waals surface area contributed by atoms with Crippen LogP contribution in [0, 0.1) is 19.8 Å². The lowest BCUT2D eigenvalue weighted by Gasteiger charge is -2.30. The van der Waals surface area contributed by atoms with Gasteiger partial charge in [0.15, 0.2) is 0 Å². The van der Waals surface area contributed by atoms with Gasteiger partial charge in [-0.15, -0.1) is 0 Å². The summed E-state index contributed by atoms with van der Waals surface area (Å²) in [6.45, 7) is 6.56. The third kappa shape index (κ3) is 4.74. The van der Waals surface area contributed by atoms with Crippen LogP contribution in [0.25, 0.3) is 0 Å². The van der Waals surface area contributed by atoms with Crippen LogP contribution in [-0.4, -0.2) is 29.8 Å². The van der Waals surface area contributed by atoms with Crippen molar-refractivity contribution in [2.75, 3.05) is 18.4 Å². The van der Waals surface area contributed by atoms with Crippen LogP contribution in [0.3, 0.4) is 0 Å². The van der Waals surface area contributed by atoms with E-state index in [2.05, 4.69) is 10.2 Å². The molecule has 0 atom stereocenters. The maximum absolute atomic E-state index is 12.6. The lowest BCUT2D eigenvalue weighted by atomic mass is 9.96. The predicted octanol–water partition coefficient (Wildman–Crippen LogP) is 3.25. The van der Waals surface area contributed by atoms with Crippen molar-refractivity contribution < 1.29 is 9.59 Å². The second-order valence-corrected chi connectivity index (χ2v) is 7.37. The van der Waals surface area contributed by atoms with Crippen molar-refractivity contribution in [3.05, 3.63) is 64.7 Å². The second-order valence-electron chi connectivity index (χ2n) is 7.37. The van der Waals surface area contributed by atoms with E-state index in [1.165, 1.54) is 0 Å². The summed E-state index contributed by atoms with van der Waals surface area (Å²) in [5.74, 6) is -0.271. The average molecular weight is 365 g/mol. The number of hydrogen-bond acceptors (Lipinski definition) is 3. The maximum Gasteiger partial charge on any atom is 0.255 e. The van der Waals surface area contributed by atoms with E-state index in [1.807, 2.05) is 56.3 Å². The molecular weight excluding hydrogens is 338 g/mol. The van der Waals surface area contributed by atoms with Gasteiger partial charge in [-0.1, -0.05) is 30.3 Å². The highest BCUT2D eigenvalue weighted by molar-refractivity contribution is 6.05. The molecule has 142 valence electrons. The number of hydrogen-bond donors (Lipinski definition) is 2. The molecule has 1 heterocycles. The van der Waals surface area contributed by atoms with Crippen LogP contribution in [0.2, 0.25) is 0 Å². The Labute approximate surface area is 160 Å². The Kier molecular flexibility index (Phi) is 5.91. The predicted molar refractivity (Wildman–Crippen MR) is 108 cm³/mol. The van der Waals surface area contributed by atoms with Gasteiger partial charge in [-0.3, -0.25) is 14.5 Å². The third-order valence-corrected chi connectivity index (χ3v) is 5.33. The van der Waals surface area contributed by atoms with Crippen LogP contribution in [0.1, 0.15) is 39.9 Å². The summed E-state index contributed by atoms with van der Waals surface area (Å²) in [5.41, 5.74) is 10.2. The fraction of sp³-hybridized carbons (Fsp3) is 0.364.